The summed E-state index contributed by atoms with van der Waals surface area (Å²) in [7, 11) is 0. The molecule has 0 bridgehead atoms. The van der Waals surface area contributed by atoms with Gasteiger partial charge in [0.25, 0.3) is 0 Å². The van der Waals surface area contributed by atoms with Crippen LogP contribution >= 0.6 is 0 Å². The number of hydrogen-bond donors (Lipinski definition) is 1. The zero-order valence-corrected chi connectivity index (χ0v) is 10.5. The Morgan fingerprint density at radius 2 is 1.93 bits per heavy atom. The summed E-state index contributed by atoms with van der Waals surface area (Å²) in [6.07, 6.45) is 7.48. The van der Waals surface area contributed by atoms with E-state index in [1.165, 1.54) is 19.3 Å². The van der Waals surface area contributed by atoms with E-state index in [-0.39, 0.29) is 5.60 Å². The van der Waals surface area contributed by atoms with E-state index in [9.17, 15) is 5.11 Å². The van der Waals surface area contributed by atoms with Gasteiger partial charge in [0, 0.05) is 6.42 Å². The fourth-order valence-electron chi connectivity index (χ4n) is 2.54. The predicted molar refractivity (Wildman–Crippen MR) is 63.0 cm³/mol. The fourth-order valence-corrected chi connectivity index (χ4v) is 2.54. The quantitative estimate of drug-likeness (QED) is 0.712. The lowest BCUT2D eigenvalue weighted by Crippen LogP contribution is -2.45. The second-order valence-corrected chi connectivity index (χ2v) is 5.57. The van der Waals surface area contributed by atoms with Gasteiger partial charge >= 0.3 is 0 Å². The zero-order chi connectivity index (χ0) is 11.4. The summed E-state index contributed by atoms with van der Waals surface area (Å²) in [5.41, 5.74) is -0.604. The van der Waals surface area contributed by atoms with E-state index in [0.29, 0.717) is 6.61 Å². The molecule has 90 valence electrons. The van der Waals surface area contributed by atoms with E-state index >= 15 is 0 Å². The Bertz CT molecular complexity index is 189. The van der Waals surface area contributed by atoms with Crippen LogP contribution in [0.4, 0.5) is 0 Å². The lowest BCUT2D eigenvalue weighted by molar-refractivity contribution is -0.147. The molecule has 1 N–H and O–H groups in total. The third-order valence-corrected chi connectivity index (χ3v) is 3.31. The topological polar surface area (TPSA) is 29.5 Å². The molecule has 1 heterocycles. The van der Waals surface area contributed by atoms with Crippen molar-refractivity contribution in [3.63, 3.8) is 0 Å². The van der Waals surface area contributed by atoms with Crippen molar-refractivity contribution < 1.29 is 9.84 Å². The van der Waals surface area contributed by atoms with Crippen LogP contribution in [0.15, 0.2) is 0 Å². The van der Waals surface area contributed by atoms with Crippen molar-refractivity contribution in [3.8, 4) is 0 Å². The summed E-state index contributed by atoms with van der Waals surface area (Å²) in [6, 6.07) is 0. The van der Waals surface area contributed by atoms with Gasteiger partial charge in [0.15, 0.2) is 0 Å². The molecule has 0 saturated carbocycles. The van der Waals surface area contributed by atoms with Crippen LogP contribution in [0.2, 0.25) is 0 Å². The third-order valence-electron chi connectivity index (χ3n) is 3.31. The predicted octanol–water partition coefficient (Wildman–Crippen LogP) is 3.28. The van der Waals surface area contributed by atoms with Crippen LogP contribution in [0.3, 0.4) is 0 Å². The standard InChI is InChI=1S/C13H26O2/c1-4-5-6-7-8-13(14)9-10-15-12(2,3)11-13/h14H,4-11H2,1-3H3. The maximum atomic E-state index is 10.4. The Balaban J connectivity index is 2.31. The Labute approximate surface area is 94.0 Å². The molecule has 15 heavy (non-hydrogen) atoms. The first-order chi connectivity index (χ1) is 6.97. The van der Waals surface area contributed by atoms with Gasteiger partial charge in [-0.15, -0.1) is 0 Å². The number of ether oxygens (including phenoxy) is 1. The summed E-state index contributed by atoms with van der Waals surface area (Å²) in [5.74, 6) is 0. The van der Waals surface area contributed by atoms with E-state index in [4.69, 9.17) is 4.74 Å². The summed E-state index contributed by atoms with van der Waals surface area (Å²) in [5, 5.41) is 10.4. The fraction of sp³-hybridized carbons (Fsp3) is 1.00. The minimum atomic E-state index is -0.463. The van der Waals surface area contributed by atoms with Crippen molar-refractivity contribution >= 4 is 0 Å². The van der Waals surface area contributed by atoms with Gasteiger partial charge in [-0.2, -0.15) is 0 Å². The van der Waals surface area contributed by atoms with E-state index < -0.39 is 5.60 Å². The maximum absolute atomic E-state index is 10.4. The molecule has 0 aromatic rings. The molecule has 1 aliphatic heterocycles. The molecule has 0 aliphatic carbocycles. The lowest BCUT2D eigenvalue weighted by atomic mass is 9.81. The second kappa shape index (κ2) is 5.31. The molecule has 1 saturated heterocycles. The Morgan fingerprint density at radius 3 is 2.53 bits per heavy atom. The largest absolute Gasteiger partial charge is 0.390 e. The number of unbranched alkanes of at least 4 members (excludes halogenated alkanes) is 3. The average molecular weight is 214 g/mol. The Morgan fingerprint density at radius 1 is 1.20 bits per heavy atom. The number of hydrogen-bond acceptors (Lipinski definition) is 2. The molecule has 2 nitrogen and oxygen atoms in total. The Kier molecular flexibility index (Phi) is 4.60. The van der Waals surface area contributed by atoms with Gasteiger partial charge in [-0.1, -0.05) is 32.6 Å². The third kappa shape index (κ3) is 4.52. The van der Waals surface area contributed by atoms with Crippen molar-refractivity contribution in [2.24, 2.45) is 0 Å². The first-order valence-electron chi connectivity index (χ1n) is 6.34. The van der Waals surface area contributed by atoms with Gasteiger partial charge in [0.1, 0.15) is 0 Å². The SMILES string of the molecule is CCCCCCC1(O)CCOC(C)(C)C1. The highest BCUT2D eigenvalue weighted by atomic mass is 16.5. The highest BCUT2D eigenvalue weighted by Crippen LogP contribution is 2.35. The molecule has 0 amide bonds. The summed E-state index contributed by atoms with van der Waals surface area (Å²) in [6.45, 7) is 7.07. The molecule has 0 spiro atoms. The van der Waals surface area contributed by atoms with Crippen molar-refractivity contribution in [1.82, 2.24) is 0 Å². The minimum Gasteiger partial charge on any atom is -0.390 e. The van der Waals surface area contributed by atoms with Crippen LogP contribution in [-0.4, -0.2) is 22.9 Å². The number of rotatable bonds is 5. The van der Waals surface area contributed by atoms with Crippen molar-refractivity contribution in [3.05, 3.63) is 0 Å². The molecule has 1 aliphatic rings. The van der Waals surface area contributed by atoms with Crippen LogP contribution in [0.5, 0.6) is 0 Å². The number of aliphatic hydroxyl groups is 1. The lowest BCUT2D eigenvalue weighted by Gasteiger charge is -2.41. The van der Waals surface area contributed by atoms with Gasteiger partial charge in [-0.25, -0.2) is 0 Å². The summed E-state index contributed by atoms with van der Waals surface area (Å²) < 4.78 is 5.63. The highest BCUT2D eigenvalue weighted by molar-refractivity contribution is 4.90. The van der Waals surface area contributed by atoms with E-state index in [0.717, 1.165) is 25.7 Å². The van der Waals surface area contributed by atoms with E-state index in [1.807, 2.05) is 0 Å². The molecule has 2 heteroatoms. The first-order valence-corrected chi connectivity index (χ1v) is 6.34. The van der Waals surface area contributed by atoms with Crippen LogP contribution in [0, 0.1) is 0 Å². The average Bonchev–Trinajstić information content (AvgIpc) is 2.10. The van der Waals surface area contributed by atoms with Crippen molar-refractivity contribution in [2.75, 3.05) is 6.61 Å². The monoisotopic (exact) mass is 214 g/mol. The molecule has 0 aromatic heterocycles. The van der Waals surface area contributed by atoms with Gasteiger partial charge < -0.3 is 9.84 Å². The first kappa shape index (κ1) is 13.0. The summed E-state index contributed by atoms with van der Waals surface area (Å²) >= 11 is 0. The molecular weight excluding hydrogens is 188 g/mol. The smallest absolute Gasteiger partial charge is 0.0697 e. The maximum Gasteiger partial charge on any atom is 0.0697 e. The minimum absolute atomic E-state index is 0.141. The highest BCUT2D eigenvalue weighted by Gasteiger charge is 2.38. The van der Waals surface area contributed by atoms with Gasteiger partial charge in [-0.05, 0) is 26.7 Å². The van der Waals surface area contributed by atoms with Crippen molar-refractivity contribution in [1.29, 1.82) is 0 Å². The van der Waals surface area contributed by atoms with Crippen LogP contribution in [-0.2, 0) is 4.74 Å². The molecule has 1 unspecified atom stereocenters. The van der Waals surface area contributed by atoms with Crippen LogP contribution < -0.4 is 0 Å². The summed E-state index contributed by atoms with van der Waals surface area (Å²) in [4.78, 5) is 0. The molecule has 1 atom stereocenters. The second-order valence-electron chi connectivity index (χ2n) is 5.57. The molecule has 1 fully saturated rings. The van der Waals surface area contributed by atoms with Gasteiger partial charge in [0.2, 0.25) is 0 Å². The van der Waals surface area contributed by atoms with Crippen LogP contribution in [0.1, 0.15) is 65.7 Å². The van der Waals surface area contributed by atoms with Gasteiger partial charge in [-0.3, -0.25) is 0 Å². The van der Waals surface area contributed by atoms with Gasteiger partial charge in [0.05, 0.1) is 17.8 Å². The van der Waals surface area contributed by atoms with E-state index in [1.54, 1.807) is 0 Å². The normalized spacial score (nSPS) is 30.4. The zero-order valence-electron chi connectivity index (χ0n) is 10.5. The molecular formula is C13H26O2. The molecule has 0 aromatic carbocycles. The molecule has 0 radical (unpaired) electrons. The van der Waals surface area contributed by atoms with E-state index in [2.05, 4.69) is 20.8 Å². The van der Waals surface area contributed by atoms with Crippen LogP contribution in [0.25, 0.3) is 0 Å². The Hall–Kier alpha value is -0.0800. The molecule has 1 rings (SSSR count). The van der Waals surface area contributed by atoms with Crippen molar-refractivity contribution in [2.45, 2.75) is 76.9 Å².